The van der Waals surface area contributed by atoms with E-state index >= 15 is 0 Å². The van der Waals surface area contributed by atoms with Gasteiger partial charge in [-0.05, 0) is 7.05 Å². The minimum absolute atomic E-state index is 0.304. The molecule has 0 saturated carbocycles. The maximum absolute atomic E-state index is 10.9. The first-order chi connectivity index (χ1) is 7.93. The normalized spacial score (nSPS) is 13.4. The molecule has 0 aromatic rings. The predicted octanol–water partition coefficient (Wildman–Crippen LogP) is -0.807. The molecule has 0 bridgehead atoms. The third-order valence-corrected chi connectivity index (χ3v) is 4.79. The van der Waals surface area contributed by atoms with E-state index in [0.717, 1.165) is 12.5 Å². The molecule has 0 aliphatic heterocycles. The summed E-state index contributed by atoms with van der Waals surface area (Å²) < 4.78 is 67.8. The fourth-order valence-corrected chi connectivity index (χ4v) is 2.38. The van der Waals surface area contributed by atoms with E-state index in [4.69, 9.17) is 0 Å². The van der Waals surface area contributed by atoms with E-state index in [2.05, 4.69) is 7.90 Å². The fraction of sp³-hybridized carbons (Fsp3) is 1.00. The van der Waals surface area contributed by atoms with Crippen molar-refractivity contribution in [1.82, 2.24) is 4.31 Å². The Morgan fingerprint density at radius 3 is 1.89 bits per heavy atom. The van der Waals surface area contributed by atoms with Crippen molar-refractivity contribution in [2.45, 2.75) is 6.92 Å². The minimum Gasteiger partial charge on any atom is -0.450 e. The molecule has 0 aromatic carbocycles. The van der Waals surface area contributed by atoms with Gasteiger partial charge in [0.05, 0.1) is 16.3 Å². The van der Waals surface area contributed by atoms with Gasteiger partial charge in [0, 0.05) is 24.0 Å². The number of nitrogens with zero attached hydrogens (tertiary/aromatic N) is 3. The molecular weight excluding hydrogens is 326 g/mol. The molecule has 0 heterocycles. The van der Waals surface area contributed by atoms with E-state index in [9.17, 15) is 25.3 Å². The number of sulfonamides is 2. The van der Waals surface area contributed by atoms with E-state index in [1.54, 1.807) is 6.92 Å². The predicted molar refractivity (Wildman–Crippen MR) is 70.1 cm³/mol. The van der Waals surface area contributed by atoms with Gasteiger partial charge in [-0.15, -0.1) is 0 Å². The highest BCUT2D eigenvalue weighted by Crippen LogP contribution is 2.05. The molecule has 18 heavy (non-hydrogen) atoms. The summed E-state index contributed by atoms with van der Waals surface area (Å²) in [6.07, 6.45) is 1.77. The second-order valence-corrected chi connectivity index (χ2v) is 8.22. The van der Waals surface area contributed by atoms with E-state index in [1.807, 2.05) is 0 Å². The zero-order valence-corrected chi connectivity index (χ0v) is 13.4. The molecular formula is C5H14N3O6S4-. The highest BCUT2D eigenvalue weighted by molar-refractivity contribution is 8.08. The number of hydrogen-bond donors (Lipinski definition) is 0. The van der Waals surface area contributed by atoms with Crippen molar-refractivity contribution in [2.24, 2.45) is 3.77 Å². The second-order valence-electron chi connectivity index (χ2n) is 2.86. The van der Waals surface area contributed by atoms with Gasteiger partial charge in [0.1, 0.15) is 0 Å². The van der Waals surface area contributed by atoms with Crippen LogP contribution in [0.1, 0.15) is 6.92 Å². The maximum Gasteiger partial charge on any atom is 0.262 e. The van der Waals surface area contributed by atoms with Gasteiger partial charge in [-0.2, -0.15) is 4.21 Å². The first-order valence-electron chi connectivity index (χ1n) is 4.20. The Labute approximate surface area is 113 Å². The molecule has 0 aliphatic carbocycles. The molecule has 0 spiro atoms. The van der Waals surface area contributed by atoms with Gasteiger partial charge < -0.3 is 4.13 Å². The van der Waals surface area contributed by atoms with E-state index in [0.29, 0.717) is 6.54 Å². The smallest absolute Gasteiger partial charge is 0.262 e. The zero-order valence-electron chi connectivity index (χ0n) is 10.1. The lowest BCUT2D eigenvalue weighted by Gasteiger charge is -2.23. The van der Waals surface area contributed by atoms with Crippen LogP contribution in [0.2, 0.25) is 0 Å². The van der Waals surface area contributed by atoms with E-state index in [1.165, 1.54) is 11.4 Å². The molecule has 0 radical (unpaired) electrons. The number of hydrogen-bond acceptors (Lipinski definition) is 6. The average molecular weight is 340 g/mol. The van der Waals surface area contributed by atoms with Gasteiger partial charge in [0.25, 0.3) is 10.0 Å². The molecule has 0 amide bonds. The van der Waals surface area contributed by atoms with Gasteiger partial charge in [-0.25, -0.2) is 21.1 Å². The maximum atomic E-state index is 10.9. The topological polar surface area (TPSA) is 132 Å². The van der Waals surface area contributed by atoms with Crippen LogP contribution < -0.4 is 0 Å². The van der Waals surface area contributed by atoms with Crippen LogP contribution in [-0.4, -0.2) is 55.7 Å². The summed E-state index contributed by atoms with van der Waals surface area (Å²) in [5.41, 5.74) is 0. The first kappa shape index (κ1) is 20.1. The minimum atomic E-state index is -3.50. The van der Waals surface area contributed by atoms with Crippen LogP contribution in [0.4, 0.5) is 0 Å². The van der Waals surface area contributed by atoms with E-state index in [-0.39, 0.29) is 11.5 Å². The molecule has 0 fully saturated rings. The van der Waals surface area contributed by atoms with E-state index < -0.39 is 31.2 Å². The van der Waals surface area contributed by atoms with Crippen LogP contribution in [0.25, 0.3) is 4.13 Å². The van der Waals surface area contributed by atoms with Crippen molar-refractivity contribution < 1.29 is 25.3 Å². The molecule has 0 N–H and O–H groups in total. The van der Waals surface area contributed by atoms with Gasteiger partial charge in [0.15, 0.2) is 0 Å². The Balaban J connectivity index is 0. The summed E-state index contributed by atoms with van der Waals surface area (Å²) in [5, 5.41) is 0. The third-order valence-electron chi connectivity index (χ3n) is 1.08. The molecule has 9 nitrogen and oxygen atoms in total. The first-order valence-corrected chi connectivity index (χ1v) is 9.66. The summed E-state index contributed by atoms with van der Waals surface area (Å²) in [6, 6.07) is 0. The molecule has 1 unspecified atom stereocenters. The highest BCUT2D eigenvalue weighted by Gasteiger charge is 1.97. The van der Waals surface area contributed by atoms with Gasteiger partial charge >= 0.3 is 0 Å². The van der Waals surface area contributed by atoms with Crippen molar-refractivity contribution in [3.05, 3.63) is 4.13 Å². The molecule has 13 heteroatoms. The van der Waals surface area contributed by atoms with Crippen molar-refractivity contribution >= 4 is 42.7 Å². The Hall–Kier alpha value is -0.210. The summed E-state index contributed by atoms with van der Waals surface area (Å²) in [7, 11) is -5.36. The van der Waals surface area contributed by atoms with Crippen molar-refractivity contribution in [3.8, 4) is 0 Å². The molecule has 0 saturated heterocycles. The number of rotatable bonds is 5. The zero-order chi connectivity index (χ0) is 15.0. The van der Waals surface area contributed by atoms with Crippen molar-refractivity contribution in [1.29, 1.82) is 0 Å². The monoisotopic (exact) mass is 340 g/mol. The average Bonchev–Trinajstić information content (AvgIpc) is 2.12. The lowest BCUT2D eigenvalue weighted by Crippen LogP contribution is -2.20. The van der Waals surface area contributed by atoms with Crippen molar-refractivity contribution in [3.63, 3.8) is 0 Å². The van der Waals surface area contributed by atoms with Gasteiger partial charge in [0.2, 0.25) is 11.5 Å². The van der Waals surface area contributed by atoms with Crippen LogP contribution in [0.5, 0.6) is 0 Å². The summed E-state index contributed by atoms with van der Waals surface area (Å²) >= 11 is -2.07. The van der Waals surface area contributed by atoms with Gasteiger partial charge in [-0.1, -0.05) is 10.7 Å². The summed E-state index contributed by atoms with van der Waals surface area (Å²) in [6.45, 7) is 2.25. The largest absolute Gasteiger partial charge is 0.450 e. The standard InChI is InChI=1S/C4H11N2O3S2.CH3NO3S2/c1-4-6(2)10(7)5-11(3,8)9;1-7(4,5)2-6-3/h4H2,1-3H3;1H3/q-1;. The quantitative estimate of drug-likeness (QED) is 0.643. The molecule has 0 aromatic heterocycles. The molecule has 0 rings (SSSR count). The lowest BCUT2D eigenvalue weighted by atomic mass is 10.8. The second kappa shape index (κ2) is 8.82. The summed E-state index contributed by atoms with van der Waals surface area (Å²) in [5.74, 6) is 0. The van der Waals surface area contributed by atoms with Crippen LogP contribution in [0, 0.1) is 0 Å². The van der Waals surface area contributed by atoms with Crippen LogP contribution in [0.15, 0.2) is 3.77 Å². The Morgan fingerprint density at radius 1 is 1.28 bits per heavy atom. The fourth-order valence-electron chi connectivity index (χ4n) is 0.338. The van der Waals surface area contributed by atoms with Crippen LogP contribution in [0.3, 0.4) is 0 Å². The third kappa shape index (κ3) is 15.8. The Kier molecular flexibility index (Phi) is 9.85. The Morgan fingerprint density at radius 2 is 1.72 bits per heavy atom. The highest BCUT2D eigenvalue weighted by atomic mass is 32.3. The molecule has 1 atom stereocenters. The van der Waals surface area contributed by atoms with Crippen LogP contribution >= 0.6 is 0 Å². The molecule has 0 aliphatic rings. The Bertz CT molecular complexity index is 519. The van der Waals surface area contributed by atoms with Crippen LogP contribution in [-0.2, 0) is 42.7 Å². The van der Waals surface area contributed by atoms with Gasteiger partial charge in [-0.3, -0.25) is 4.21 Å². The SMILES string of the molecule is CCN(C)S(=O)[N-]S(C)(=O)=O.CS(=O)(=O)N=S=O. The lowest BCUT2D eigenvalue weighted by molar-refractivity contribution is 0.553. The van der Waals surface area contributed by atoms with Crippen molar-refractivity contribution in [2.75, 3.05) is 26.1 Å². The summed E-state index contributed by atoms with van der Waals surface area (Å²) in [4.78, 5) is 0. The molecule has 110 valence electrons.